The molecule has 0 unspecified atom stereocenters. The van der Waals surface area contributed by atoms with Gasteiger partial charge in [-0.2, -0.15) is 10.5 Å². The zero-order valence-electron chi connectivity index (χ0n) is 10.2. The normalized spacial score (nSPS) is 11.5. The molecule has 0 saturated carbocycles. The lowest BCUT2D eigenvalue weighted by molar-refractivity contribution is -0.142. The maximum Gasteiger partial charge on any atom is 0.321 e. The van der Waals surface area contributed by atoms with Crippen molar-refractivity contribution in [3.63, 3.8) is 0 Å². The molecule has 0 saturated heterocycles. The van der Waals surface area contributed by atoms with E-state index in [1.54, 1.807) is 12.1 Å². The van der Waals surface area contributed by atoms with E-state index in [0.29, 0.717) is 5.56 Å². The molecule has 1 aromatic carbocycles. The van der Waals surface area contributed by atoms with E-state index in [0.717, 1.165) is 0 Å². The fourth-order valence-corrected chi connectivity index (χ4v) is 1.69. The molecule has 6 heteroatoms. The number of aliphatic carboxylic acids is 1. The number of aromatic hydroxyl groups is 1. The largest absolute Gasteiger partial charge is 0.508 e. The highest BCUT2D eigenvalue weighted by atomic mass is 16.4. The third-order valence-corrected chi connectivity index (χ3v) is 2.64. The molecular weight excluding hydrogens is 246 g/mol. The van der Waals surface area contributed by atoms with E-state index in [4.69, 9.17) is 15.6 Å². The molecule has 0 bridgehead atoms. The number of nitriles is 2. The van der Waals surface area contributed by atoms with Crippen LogP contribution in [0.3, 0.4) is 0 Å². The Balaban J connectivity index is 2.88. The van der Waals surface area contributed by atoms with E-state index >= 15 is 0 Å². The molecule has 6 nitrogen and oxygen atoms in total. The molecule has 0 fully saturated rings. The molecule has 0 aliphatic heterocycles. The Hall–Kier alpha value is -2.57. The minimum absolute atomic E-state index is 0.0986. The quantitative estimate of drug-likeness (QED) is 0.729. The molecule has 1 rings (SSSR count). The van der Waals surface area contributed by atoms with Crippen molar-refractivity contribution in [2.75, 3.05) is 13.1 Å². The highest BCUT2D eigenvalue weighted by Crippen LogP contribution is 2.14. The summed E-state index contributed by atoms with van der Waals surface area (Å²) >= 11 is 0. The lowest BCUT2D eigenvalue weighted by Gasteiger charge is -2.23. The number of nitrogens with zero attached hydrogens (tertiary/aromatic N) is 3. The first kappa shape index (κ1) is 14.5. The van der Waals surface area contributed by atoms with Crippen molar-refractivity contribution in [2.24, 2.45) is 0 Å². The first-order chi connectivity index (χ1) is 9.08. The molecule has 0 aromatic heterocycles. The second-order valence-corrected chi connectivity index (χ2v) is 3.95. The van der Waals surface area contributed by atoms with Crippen LogP contribution in [-0.4, -0.2) is 40.2 Å². The number of benzene rings is 1. The Kier molecular flexibility index (Phi) is 5.34. The van der Waals surface area contributed by atoms with Crippen LogP contribution in [0.25, 0.3) is 0 Å². The van der Waals surface area contributed by atoms with Gasteiger partial charge in [0.15, 0.2) is 0 Å². The van der Waals surface area contributed by atoms with Gasteiger partial charge in [0.1, 0.15) is 11.8 Å². The average molecular weight is 259 g/mol. The van der Waals surface area contributed by atoms with Crippen LogP contribution in [0.2, 0.25) is 0 Å². The monoisotopic (exact) mass is 259 g/mol. The number of hydrogen-bond acceptors (Lipinski definition) is 5. The summed E-state index contributed by atoms with van der Waals surface area (Å²) in [7, 11) is 0. The molecule has 1 atom stereocenters. The van der Waals surface area contributed by atoms with E-state index in [9.17, 15) is 9.90 Å². The minimum Gasteiger partial charge on any atom is -0.508 e. The third-order valence-electron chi connectivity index (χ3n) is 2.64. The predicted octanol–water partition coefficient (Wildman–Crippen LogP) is 0.737. The van der Waals surface area contributed by atoms with Gasteiger partial charge in [0.25, 0.3) is 0 Å². The molecule has 0 spiro atoms. The molecular formula is C13H13N3O3. The molecule has 0 radical (unpaired) electrons. The van der Waals surface area contributed by atoms with Crippen molar-refractivity contribution in [2.45, 2.75) is 12.5 Å². The molecule has 0 aliphatic rings. The Morgan fingerprint density at radius 2 is 1.74 bits per heavy atom. The lowest BCUT2D eigenvalue weighted by atomic mass is 10.0. The summed E-state index contributed by atoms with van der Waals surface area (Å²) in [6.45, 7) is -0.245. The summed E-state index contributed by atoms with van der Waals surface area (Å²) in [4.78, 5) is 12.6. The Bertz CT molecular complexity index is 497. The van der Waals surface area contributed by atoms with Crippen LogP contribution in [0.15, 0.2) is 24.3 Å². The summed E-state index contributed by atoms with van der Waals surface area (Å²) < 4.78 is 0. The fraction of sp³-hybridized carbons (Fsp3) is 0.308. The van der Waals surface area contributed by atoms with Crippen LogP contribution in [-0.2, 0) is 11.2 Å². The molecule has 0 amide bonds. The van der Waals surface area contributed by atoms with Gasteiger partial charge in [-0.3, -0.25) is 9.69 Å². The van der Waals surface area contributed by atoms with Crippen LogP contribution in [0.4, 0.5) is 0 Å². The van der Waals surface area contributed by atoms with Gasteiger partial charge in [-0.05, 0) is 24.1 Å². The maximum atomic E-state index is 11.3. The highest BCUT2D eigenvalue weighted by Gasteiger charge is 2.25. The van der Waals surface area contributed by atoms with Crippen LogP contribution < -0.4 is 0 Å². The molecule has 19 heavy (non-hydrogen) atoms. The molecule has 0 aliphatic carbocycles. The number of rotatable bonds is 6. The van der Waals surface area contributed by atoms with Crippen molar-refractivity contribution in [1.29, 1.82) is 10.5 Å². The van der Waals surface area contributed by atoms with Gasteiger partial charge in [-0.25, -0.2) is 0 Å². The average Bonchev–Trinajstić information content (AvgIpc) is 2.37. The predicted molar refractivity (Wildman–Crippen MR) is 66.0 cm³/mol. The van der Waals surface area contributed by atoms with Gasteiger partial charge in [0.2, 0.25) is 0 Å². The molecule has 98 valence electrons. The van der Waals surface area contributed by atoms with E-state index in [1.165, 1.54) is 17.0 Å². The summed E-state index contributed by atoms with van der Waals surface area (Å²) in [5.74, 6) is -0.986. The van der Waals surface area contributed by atoms with Crippen molar-refractivity contribution in [1.82, 2.24) is 4.90 Å². The summed E-state index contributed by atoms with van der Waals surface area (Å²) in [6, 6.07) is 8.93. The van der Waals surface area contributed by atoms with Crippen molar-refractivity contribution >= 4 is 5.97 Å². The first-order valence-corrected chi connectivity index (χ1v) is 5.57. The Morgan fingerprint density at radius 1 is 1.21 bits per heavy atom. The zero-order valence-corrected chi connectivity index (χ0v) is 10.2. The van der Waals surface area contributed by atoms with E-state index in [1.807, 2.05) is 12.1 Å². The van der Waals surface area contributed by atoms with Crippen molar-refractivity contribution < 1.29 is 15.0 Å². The summed E-state index contributed by atoms with van der Waals surface area (Å²) in [5, 5.41) is 35.7. The van der Waals surface area contributed by atoms with Gasteiger partial charge in [-0.15, -0.1) is 0 Å². The zero-order chi connectivity index (χ0) is 14.3. The SMILES string of the molecule is N#CCN(CC#N)[C@@H](Cc1ccc(O)cc1)C(=O)O. The van der Waals surface area contributed by atoms with Crippen molar-refractivity contribution in [3.8, 4) is 17.9 Å². The number of phenols is 1. The van der Waals surface area contributed by atoms with Gasteiger partial charge in [0.05, 0.1) is 25.2 Å². The molecule has 2 N–H and O–H groups in total. The Morgan fingerprint density at radius 3 is 2.16 bits per heavy atom. The number of hydrogen-bond donors (Lipinski definition) is 2. The standard InChI is InChI=1S/C13H13N3O3/c14-5-7-16(8-6-15)12(13(18)19)9-10-1-3-11(17)4-2-10/h1-4,12,17H,7-9H2,(H,18,19)/t12-/m0/s1. The van der Waals surface area contributed by atoms with E-state index < -0.39 is 12.0 Å². The topological polar surface area (TPSA) is 108 Å². The van der Waals surface area contributed by atoms with Crippen LogP contribution >= 0.6 is 0 Å². The van der Waals surface area contributed by atoms with E-state index in [2.05, 4.69) is 0 Å². The summed E-state index contributed by atoms with van der Waals surface area (Å²) in [5.41, 5.74) is 0.714. The Labute approximate surface area is 110 Å². The van der Waals surface area contributed by atoms with Gasteiger partial charge in [0, 0.05) is 0 Å². The third kappa shape index (κ3) is 4.30. The second kappa shape index (κ2) is 7.00. The smallest absolute Gasteiger partial charge is 0.321 e. The number of phenolic OH excluding ortho intramolecular Hbond substituents is 1. The molecule has 0 heterocycles. The van der Waals surface area contributed by atoms with Crippen LogP contribution in [0.1, 0.15) is 5.56 Å². The highest BCUT2D eigenvalue weighted by molar-refractivity contribution is 5.74. The second-order valence-electron chi connectivity index (χ2n) is 3.95. The fourth-order valence-electron chi connectivity index (χ4n) is 1.69. The first-order valence-electron chi connectivity index (χ1n) is 5.57. The number of carbonyl (C=O) groups is 1. The van der Waals surface area contributed by atoms with Crippen LogP contribution in [0.5, 0.6) is 5.75 Å². The number of carboxylic acids is 1. The lowest BCUT2D eigenvalue weighted by Crippen LogP contribution is -2.43. The van der Waals surface area contributed by atoms with Gasteiger partial charge < -0.3 is 10.2 Å². The minimum atomic E-state index is -1.08. The van der Waals surface area contributed by atoms with Crippen LogP contribution in [0, 0.1) is 22.7 Å². The van der Waals surface area contributed by atoms with Crippen molar-refractivity contribution in [3.05, 3.63) is 29.8 Å². The summed E-state index contributed by atoms with van der Waals surface area (Å²) in [6.07, 6.45) is 0.166. The number of carboxylic acid groups (broad SMARTS) is 1. The van der Waals surface area contributed by atoms with Gasteiger partial charge in [-0.1, -0.05) is 12.1 Å². The van der Waals surface area contributed by atoms with E-state index in [-0.39, 0.29) is 25.3 Å². The maximum absolute atomic E-state index is 11.3. The van der Waals surface area contributed by atoms with Gasteiger partial charge >= 0.3 is 5.97 Å². The molecule has 1 aromatic rings.